The molecule has 1 saturated carbocycles. The molecule has 0 bridgehead atoms. The first-order valence-electron chi connectivity index (χ1n) is 7.55. The van der Waals surface area contributed by atoms with Crippen LogP contribution in [0.1, 0.15) is 45.4 Å². The second-order valence-electron chi connectivity index (χ2n) is 5.41. The normalized spacial score (nSPS) is 18.8. The maximum atomic E-state index is 11.6. The predicted octanol–water partition coefficient (Wildman–Crippen LogP) is 0.256. The molecule has 1 aliphatic rings. The van der Waals surface area contributed by atoms with Crippen molar-refractivity contribution in [3.63, 3.8) is 0 Å². The Morgan fingerprint density at radius 3 is 2.62 bits per heavy atom. The Morgan fingerprint density at radius 1 is 1.33 bits per heavy atom. The molecule has 0 saturated heterocycles. The third kappa shape index (κ3) is 6.88. The monoisotopic (exact) mass is 302 g/mol. The van der Waals surface area contributed by atoms with Gasteiger partial charge < -0.3 is 15.6 Å². The van der Waals surface area contributed by atoms with Gasteiger partial charge in [-0.3, -0.25) is 9.63 Å². The summed E-state index contributed by atoms with van der Waals surface area (Å²) >= 11 is 0. The van der Waals surface area contributed by atoms with E-state index >= 15 is 0 Å². The lowest BCUT2D eigenvalue weighted by Crippen LogP contribution is -2.47. The number of carbonyl (C=O) groups is 2. The van der Waals surface area contributed by atoms with Crippen LogP contribution in [0.2, 0.25) is 0 Å². The van der Waals surface area contributed by atoms with E-state index in [1.807, 2.05) is 5.48 Å². The number of aliphatic hydroxyl groups excluding tert-OH is 1. The standard InChI is InChI=1S/C14H26N2O5/c1-2-20-12(17)9-21-16-14(19)13(18)11(15)8-10-6-4-3-5-7-10/h10-11,13,18H,2-9,15H2,1H3,(H,16,19). The largest absolute Gasteiger partial charge is 0.464 e. The molecule has 7 nitrogen and oxygen atoms in total. The van der Waals surface area contributed by atoms with Gasteiger partial charge in [0.1, 0.15) is 6.10 Å². The van der Waals surface area contributed by atoms with Crippen LogP contribution < -0.4 is 11.2 Å². The molecule has 2 atom stereocenters. The van der Waals surface area contributed by atoms with Crippen molar-refractivity contribution in [1.29, 1.82) is 0 Å². The number of amides is 1. The highest BCUT2D eigenvalue weighted by Gasteiger charge is 2.26. The lowest BCUT2D eigenvalue weighted by Gasteiger charge is -2.26. The number of esters is 1. The molecule has 0 heterocycles. The predicted molar refractivity (Wildman–Crippen MR) is 75.9 cm³/mol. The van der Waals surface area contributed by atoms with Crippen LogP contribution in [0.25, 0.3) is 0 Å². The molecule has 0 aliphatic heterocycles. The molecule has 2 unspecified atom stereocenters. The first-order valence-corrected chi connectivity index (χ1v) is 7.55. The molecule has 0 aromatic heterocycles. The maximum Gasteiger partial charge on any atom is 0.334 e. The van der Waals surface area contributed by atoms with Crippen molar-refractivity contribution in [2.75, 3.05) is 13.2 Å². The van der Waals surface area contributed by atoms with E-state index in [1.165, 1.54) is 19.3 Å². The quantitative estimate of drug-likeness (QED) is 0.438. The van der Waals surface area contributed by atoms with E-state index in [9.17, 15) is 14.7 Å². The van der Waals surface area contributed by atoms with Crippen molar-refractivity contribution in [2.45, 2.75) is 57.6 Å². The van der Waals surface area contributed by atoms with Crippen molar-refractivity contribution in [3.05, 3.63) is 0 Å². The van der Waals surface area contributed by atoms with Crippen LogP contribution in [0.5, 0.6) is 0 Å². The van der Waals surface area contributed by atoms with Crippen LogP contribution in [0.3, 0.4) is 0 Å². The van der Waals surface area contributed by atoms with Crippen molar-refractivity contribution in [1.82, 2.24) is 5.48 Å². The molecule has 1 fully saturated rings. The van der Waals surface area contributed by atoms with Gasteiger partial charge in [-0.2, -0.15) is 0 Å². The van der Waals surface area contributed by atoms with Gasteiger partial charge in [0.05, 0.1) is 6.61 Å². The van der Waals surface area contributed by atoms with Crippen LogP contribution >= 0.6 is 0 Å². The van der Waals surface area contributed by atoms with Crippen molar-refractivity contribution < 1.29 is 24.3 Å². The van der Waals surface area contributed by atoms with Crippen LogP contribution in [-0.4, -0.2) is 42.3 Å². The number of hydroxylamine groups is 1. The van der Waals surface area contributed by atoms with Gasteiger partial charge in [-0.25, -0.2) is 10.3 Å². The number of ether oxygens (including phenoxy) is 1. The number of hydrogen-bond acceptors (Lipinski definition) is 6. The highest BCUT2D eigenvalue weighted by molar-refractivity contribution is 5.80. The Morgan fingerprint density at radius 2 is 2.00 bits per heavy atom. The molecular weight excluding hydrogens is 276 g/mol. The molecule has 1 amide bonds. The molecule has 4 N–H and O–H groups in total. The van der Waals surface area contributed by atoms with Gasteiger partial charge in [0.15, 0.2) is 6.61 Å². The van der Waals surface area contributed by atoms with Gasteiger partial charge in [0.2, 0.25) is 0 Å². The molecule has 1 rings (SSSR count). The second-order valence-corrected chi connectivity index (χ2v) is 5.41. The van der Waals surface area contributed by atoms with E-state index in [2.05, 4.69) is 9.57 Å². The first kappa shape index (κ1) is 17.9. The topological polar surface area (TPSA) is 111 Å². The van der Waals surface area contributed by atoms with Crippen LogP contribution in [0.15, 0.2) is 0 Å². The zero-order valence-corrected chi connectivity index (χ0v) is 12.5. The summed E-state index contributed by atoms with van der Waals surface area (Å²) < 4.78 is 4.63. The Balaban J connectivity index is 2.23. The van der Waals surface area contributed by atoms with Crippen LogP contribution in [-0.2, 0) is 19.2 Å². The third-order valence-electron chi connectivity index (χ3n) is 3.67. The lowest BCUT2D eigenvalue weighted by molar-refractivity contribution is -0.157. The van der Waals surface area contributed by atoms with E-state index in [4.69, 9.17) is 5.73 Å². The van der Waals surface area contributed by atoms with Crippen molar-refractivity contribution in [3.8, 4) is 0 Å². The van der Waals surface area contributed by atoms with E-state index < -0.39 is 30.6 Å². The minimum absolute atomic E-state index is 0.241. The van der Waals surface area contributed by atoms with Gasteiger partial charge in [0.25, 0.3) is 5.91 Å². The number of hydrogen-bond donors (Lipinski definition) is 3. The summed E-state index contributed by atoms with van der Waals surface area (Å²) in [7, 11) is 0. The Kier molecular flexibility index (Phi) is 8.26. The average Bonchev–Trinajstić information content (AvgIpc) is 2.47. The van der Waals surface area contributed by atoms with E-state index in [0.717, 1.165) is 12.8 Å². The minimum Gasteiger partial charge on any atom is -0.464 e. The highest BCUT2D eigenvalue weighted by Crippen LogP contribution is 2.27. The van der Waals surface area contributed by atoms with Gasteiger partial charge >= 0.3 is 5.97 Å². The van der Waals surface area contributed by atoms with Gasteiger partial charge in [-0.05, 0) is 19.3 Å². The summed E-state index contributed by atoms with van der Waals surface area (Å²) in [6.07, 6.45) is 5.09. The Labute approximate surface area is 125 Å². The summed E-state index contributed by atoms with van der Waals surface area (Å²) in [6.45, 7) is 1.51. The number of nitrogens with two attached hydrogens (primary N) is 1. The van der Waals surface area contributed by atoms with E-state index in [-0.39, 0.29) is 6.61 Å². The van der Waals surface area contributed by atoms with E-state index in [1.54, 1.807) is 6.92 Å². The van der Waals surface area contributed by atoms with Crippen molar-refractivity contribution in [2.24, 2.45) is 11.7 Å². The molecule has 7 heteroatoms. The lowest BCUT2D eigenvalue weighted by atomic mass is 9.84. The SMILES string of the molecule is CCOC(=O)CONC(=O)C(O)C(N)CC1CCCCC1. The molecule has 0 radical (unpaired) electrons. The Hall–Kier alpha value is -1.18. The molecule has 122 valence electrons. The van der Waals surface area contributed by atoms with Gasteiger partial charge in [0, 0.05) is 6.04 Å². The maximum absolute atomic E-state index is 11.6. The van der Waals surface area contributed by atoms with Crippen LogP contribution in [0, 0.1) is 5.92 Å². The number of aliphatic hydroxyl groups is 1. The summed E-state index contributed by atoms with van der Waals surface area (Å²) in [5.74, 6) is -0.849. The molecular formula is C14H26N2O5. The zero-order chi connectivity index (χ0) is 15.7. The minimum atomic E-state index is -1.34. The second kappa shape index (κ2) is 9.70. The first-order chi connectivity index (χ1) is 10.0. The molecule has 0 aromatic rings. The fourth-order valence-electron chi connectivity index (χ4n) is 2.56. The van der Waals surface area contributed by atoms with E-state index in [0.29, 0.717) is 12.3 Å². The molecule has 1 aliphatic carbocycles. The fourth-order valence-corrected chi connectivity index (χ4v) is 2.56. The molecule has 21 heavy (non-hydrogen) atoms. The summed E-state index contributed by atoms with van der Waals surface area (Å²) in [5.41, 5.74) is 7.89. The number of carbonyl (C=O) groups excluding carboxylic acids is 2. The molecule has 0 aromatic carbocycles. The summed E-state index contributed by atoms with van der Waals surface area (Å²) in [4.78, 5) is 27.3. The third-order valence-corrected chi connectivity index (χ3v) is 3.67. The molecule has 0 spiro atoms. The smallest absolute Gasteiger partial charge is 0.334 e. The van der Waals surface area contributed by atoms with Gasteiger partial charge in [-0.15, -0.1) is 0 Å². The summed E-state index contributed by atoms with van der Waals surface area (Å²) in [5, 5.41) is 9.85. The summed E-state index contributed by atoms with van der Waals surface area (Å²) in [6, 6.07) is -0.626. The number of rotatable bonds is 8. The van der Waals surface area contributed by atoms with Crippen molar-refractivity contribution >= 4 is 11.9 Å². The van der Waals surface area contributed by atoms with Crippen LogP contribution in [0.4, 0.5) is 0 Å². The number of nitrogens with one attached hydrogen (secondary N) is 1. The fraction of sp³-hybridized carbons (Fsp3) is 0.857. The zero-order valence-electron chi connectivity index (χ0n) is 12.5. The Bertz CT molecular complexity index is 331. The average molecular weight is 302 g/mol. The highest BCUT2D eigenvalue weighted by atomic mass is 16.7. The van der Waals surface area contributed by atoms with Gasteiger partial charge in [-0.1, -0.05) is 32.1 Å².